The van der Waals surface area contributed by atoms with E-state index in [1.165, 1.54) is 11.3 Å². The van der Waals surface area contributed by atoms with Crippen LogP contribution in [-0.4, -0.2) is 24.3 Å². The first-order valence-corrected chi connectivity index (χ1v) is 14.2. The number of esters is 1. The zero-order valence-corrected chi connectivity index (χ0v) is 22.9. The topological polar surface area (TPSA) is 69.9 Å². The zero-order chi connectivity index (χ0) is 26.9. The van der Waals surface area contributed by atoms with Crippen LogP contribution >= 0.6 is 22.7 Å². The maximum atomic E-state index is 14.1. The first kappa shape index (κ1) is 25.0. The number of aromatic nitrogens is 1. The monoisotopic (exact) mass is 552 g/mol. The van der Waals surface area contributed by atoms with E-state index in [0.717, 1.165) is 21.2 Å². The van der Waals surface area contributed by atoms with E-state index in [-0.39, 0.29) is 12.2 Å². The van der Waals surface area contributed by atoms with Crippen LogP contribution in [-0.2, 0) is 9.53 Å². The Bertz CT molecular complexity index is 1900. The first-order chi connectivity index (χ1) is 19.1. The molecule has 3 heterocycles. The fraction of sp³-hybridized carbons (Fsp3) is 0.129. The van der Waals surface area contributed by atoms with Gasteiger partial charge in [-0.1, -0.05) is 78.1 Å². The number of thiazole rings is 1. The Labute approximate surface area is 232 Å². The highest BCUT2D eigenvalue weighted by Gasteiger charge is 2.37. The molecule has 0 aliphatic carbocycles. The Kier molecular flexibility index (Phi) is 6.72. The summed E-state index contributed by atoms with van der Waals surface area (Å²) in [5.41, 5.74) is 2.04. The molecule has 0 spiro atoms. The summed E-state index contributed by atoms with van der Waals surface area (Å²) in [6.45, 7) is 1.96. The number of thiophene rings is 1. The third-order valence-corrected chi connectivity index (χ3v) is 8.42. The van der Waals surface area contributed by atoms with Gasteiger partial charge in [0.05, 0.1) is 29.5 Å². The van der Waals surface area contributed by atoms with Gasteiger partial charge in [-0.15, -0.1) is 11.3 Å². The zero-order valence-electron chi connectivity index (χ0n) is 21.3. The minimum absolute atomic E-state index is 0.187. The molecule has 5 aromatic rings. The van der Waals surface area contributed by atoms with E-state index in [1.807, 2.05) is 90.3 Å². The first-order valence-electron chi connectivity index (χ1n) is 12.5. The Morgan fingerprint density at radius 3 is 2.56 bits per heavy atom. The van der Waals surface area contributed by atoms with E-state index in [9.17, 15) is 9.59 Å². The molecular formula is C31H24N2O4S2. The summed E-state index contributed by atoms with van der Waals surface area (Å²) in [7, 11) is 1.60. The average molecular weight is 553 g/mol. The van der Waals surface area contributed by atoms with Crippen LogP contribution in [0.4, 0.5) is 0 Å². The Hall–Kier alpha value is -4.27. The van der Waals surface area contributed by atoms with Gasteiger partial charge in [0, 0.05) is 16.0 Å². The van der Waals surface area contributed by atoms with E-state index in [1.54, 1.807) is 29.9 Å². The van der Waals surface area contributed by atoms with Crippen LogP contribution in [0.3, 0.4) is 0 Å². The van der Waals surface area contributed by atoms with Crippen LogP contribution in [0, 0.1) is 0 Å². The van der Waals surface area contributed by atoms with Crippen molar-refractivity contribution in [1.29, 1.82) is 0 Å². The molecule has 1 aliphatic rings. The quantitative estimate of drug-likeness (QED) is 0.273. The molecule has 0 amide bonds. The highest BCUT2D eigenvalue weighted by atomic mass is 32.1. The van der Waals surface area contributed by atoms with Crippen molar-refractivity contribution in [2.75, 3.05) is 13.7 Å². The Morgan fingerprint density at radius 1 is 1.03 bits per heavy atom. The SMILES string of the molecule is CCOC(=O)C1=C(c2ccccc2)N=c2sc(=Cc3cccs3)c(=O)n2[C@H]1c1c(OC)ccc2ccccc12. The lowest BCUT2D eigenvalue weighted by Gasteiger charge is -2.28. The molecule has 0 bridgehead atoms. The van der Waals surface area contributed by atoms with Crippen molar-refractivity contribution >= 4 is 51.2 Å². The van der Waals surface area contributed by atoms with Crippen molar-refractivity contribution in [2.24, 2.45) is 4.99 Å². The van der Waals surface area contributed by atoms with Crippen LogP contribution in [0.25, 0.3) is 22.5 Å². The summed E-state index contributed by atoms with van der Waals surface area (Å²) < 4.78 is 13.6. The second-order valence-electron chi connectivity index (χ2n) is 8.85. The number of hydrogen-bond acceptors (Lipinski definition) is 7. The Balaban J connectivity index is 1.77. The molecule has 1 aliphatic heterocycles. The average Bonchev–Trinajstić information content (AvgIpc) is 3.59. The normalized spacial score (nSPS) is 15.2. The molecule has 0 saturated heterocycles. The number of benzene rings is 3. The maximum Gasteiger partial charge on any atom is 0.338 e. The molecule has 6 nitrogen and oxygen atoms in total. The molecule has 8 heteroatoms. The number of nitrogens with zero attached hydrogens (tertiary/aromatic N) is 2. The fourth-order valence-electron chi connectivity index (χ4n) is 4.95. The summed E-state index contributed by atoms with van der Waals surface area (Å²) in [5, 5.41) is 3.82. The van der Waals surface area contributed by atoms with Gasteiger partial charge in [0.15, 0.2) is 4.80 Å². The lowest BCUT2D eigenvalue weighted by Crippen LogP contribution is -2.40. The smallest absolute Gasteiger partial charge is 0.338 e. The number of hydrogen-bond donors (Lipinski definition) is 0. The summed E-state index contributed by atoms with van der Waals surface area (Å²) in [6.07, 6.45) is 1.88. The van der Waals surface area contributed by atoms with Crippen molar-refractivity contribution in [3.05, 3.63) is 126 Å². The van der Waals surface area contributed by atoms with Gasteiger partial charge in [-0.3, -0.25) is 9.36 Å². The van der Waals surface area contributed by atoms with E-state index < -0.39 is 12.0 Å². The molecule has 6 rings (SSSR count). The van der Waals surface area contributed by atoms with Crippen LogP contribution in [0.15, 0.2) is 99.6 Å². The molecule has 39 heavy (non-hydrogen) atoms. The second-order valence-corrected chi connectivity index (χ2v) is 10.8. The lowest BCUT2D eigenvalue weighted by molar-refractivity contribution is -0.138. The van der Waals surface area contributed by atoms with Crippen molar-refractivity contribution in [1.82, 2.24) is 4.57 Å². The number of ether oxygens (including phenoxy) is 2. The third kappa shape index (κ3) is 4.41. The van der Waals surface area contributed by atoms with Crippen molar-refractivity contribution in [3.8, 4) is 5.75 Å². The van der Waals surface area contributed by atoms with Crippen molar-refractivity contribution < 1.29 is 14.3 Å². The maximum absolute atomic E-state index is 14.1. The fourth-order valence-corrected chi connectivity index (χ4v) is 6.68. The third-order valence-electron chi connectivity index (χ3n) is 6.61. The molecule has 2 aromatic heterocycles. The molecule has 0 saturated carbocycles. The number of carbonyl (C=O) groups is 1. The van der Waals surface area contributed by atoms with Crippen molar-refractivity contribution in [2.45, 2.75) is 13.0 Å². The van der Waals surface area contributed by atoms with Crippen LogP contribution in [0.2, 0.25) is 0 Å². The predicted octanol–water partition coefficient (Wildman–Crippen LogP) is 5.16. The summed E-state index contributed by atoms with van der Waals surface area (Å²) >= 11 is 2.87. The molecule has 0 N–H and O–H groups in total. The van der Waals surface area contributed by atoms with E-state index in [2.05, 4.69) is 0 Å². The Morgan fingerprint density at radius 2 is 1.82 bits per heavy atom. The molecule has 1 atom stereocenters. The van der Waals surface area contributed by atoms with Crippen LogP contribution < -0.4 is 19.6 Å². The standard InChI is InChI=1S/C31H24N2O4S2/c1-3-37-30(35)26-27(20-11-5-4-6-12-20)32-31-33(29(34)24(39-31)18-21-13-9-17-38-21)28(26)25-22-14-8-7-10-19(22)15-16-23(25)36-2/h4-18,28H,3H2,1-2H3/t28-/m0/s1. The number of fused-ring (bicyclic) bond motifs is 2. The van der Waals surface area contributed by atoms with Gasteiger partial charge in [-0.05, 0) is 41.3 Å². The second kappa shape index (κ2) is 10.5. The van der Waals surface area contributed by atoms with E-state index in [0.29, 0.717) is 31.9 Å². The highest BCUT2D eigenvalue weighted by molar-refractivity contribution is 7.11. The summed E-state index contributed by atoms with van der Waals surface area (Å²) in [6, 6.07) is 24.4. The predicted molar refractivity (Wildman–Crippen MR) is 156 cm³/mol. The van der Waals surface area contributed by atoms with E-state index >= 15 is 0 Å². The van der Waals surface area contributed by atoms with E-state index in [4.69, 9.17) is 14.5 Å². The molecule has 194 valence electrons. The lowest BCUT2D eigenvalue weighted by atomic mass is 9.89. The number of carbonyl (C=O) groups excluding carboxylic acids is 1. The van der Waals surface area contributed by atoms with Crippen LogP contribution in [0.5, 0.6) is 5.75 Å². The van der Waals surface area contributed by atoms with Gasteiger partial charge in [0.2, 0.25) is 0 Å². The summed E-state index contributed by atoms with van der Waals surface area (Å²) in [5.74, 6) is 0.0512. The molecule has 3 aromatic carbocycles. The van der Waals surface area contributed by atoms with Gasteiger partial charge in [0.1, 0.15) is 11.8 Å². The minimum atomic E-state index is -0.818. The summed E-state index contributed by atoms with van der Waals surface area (Å²) in [4.78, 5) is 34.3. The van der Waals surface area contributed by atoms with Gasteiger partial charge >= 0.3 is 5.97 Å². The minimum Gasteiger partial charge on any atom is -0.496 e. The molecule has 0 unspecified atom stereocenters. The number of methoxy groups -OCH3 is 1. The van der Waals surface area contributed by atoms with Gasteiger partial charge < -0.3 is 9.47 Å². The highest BCUT2D eigenvalue weighted by Crippen LogP contribution is 2.42. The van der Waals surface area contributed by atoms with Gasteiger partial charge in [-0.25, -0.2) is 9.79 Å². The van der Waals surface area contributed by atoms with Gasteiger partial charge in [0.25, 0.3) is 5.56 Å². The van der Waals surface area contributed by atoms with Crippen LogP contribution in [0.1, 0.15) is 29.0 Å². The molecule has 0 radical (unpaired) electrons. The molecule has 0 fully saturated rings. The van der Waals surface area contributed by atoms with Gasteiger partial charge in [-0.2, -0.15) is 0 Å². The largest absolute Gasteiger partial charge is 0.496 e. The van der Waals surface area contributed by atoms with Crippen molar-refractivity contribution in [3.63, 3.8) is 0 Å². The molecular weight excluding hydrogens is 528 g/mol. The number of rotatable bonds is 6.